The zero-order chi connectivity index (χ0) is 18.7. The summed E-state index contributed by atoms with van der Waals surface area (Å²) in [5, 5.41) is 15.3. The minimum atomic E-state index is 0. The van der Waals surface area contributed by atoms with Crippen LogP contribution in [0.1, 0.15) is 44.9 Å². The maximum absolute atomic E-state index is 5.41. The third kappa shape index (κ3) is 7.82. The van der Waals surface area contributed by atoms with Crippen LogP contribution >= 0.6 is 24.0 Å². The molecule has 0 bridgehead atoms. The Balaban J connectivity index is 0.00000280. The van der Waals surface area contributed by atoms with Gasteiger partial charge >= 0.3 is 0 Å². The molecule has 1 aromatic heterocycles. The van der Waals surface area contributed by atoms with Gasteiger partial charge in [-0.3, -0.25) is 9.89 Å². The lowest BCUT2D eigenvalue weighted by molar-refractivity contribution is 0.0377. The maximum atomic E-state index is 5.41. The molecule has 160 valence electrons. The van der Waals surface area contributed by atoms with E-state index in [-0.39, 0.29) is 24.0 Å². The summed E-state index contributed by atoms with van der Waals surface area (Å²) in [6.45, 7) is 9.57. The third-order valence-electron chi connectivity index (χ3n) is 5.36. The van der Waals surface area contributed by atoms with Crippen molar-refractivity contribution in [2.24, 2.45) is 4.99 Å². The van der Waals surface area contributed by atoms with Gasteiger partial charge in [0.05, 0.1) is 13.2 Å². The Kier molecular flexibility index (Phi) is 11.1. The van der Waals surface area contributed by atoms with Crippen LogP contribution in [0.15, 0.2) is 11.3 Å². The highest BCUT2D eigenvalue weighted by Crippen LogP contribution is 2.17. The molecule has 0 spiro atoms. The minimum absolute atomic E-state index is 0. The van der Waals surface area contributed by atoms with Gasteiger partial charge in [-0.2, -0.15) is 0 Å². The maximum Gasteiger partial charge on any atom is 0.191 e. The van der Waals surface area contributed by atoms with E-state index in [2.05, 4.69) is 37.2 Å². The van der Waals surface area contributed by atoms with E-state index in [1.807, 2.05) is 6.33 Å². The van der Waals surface area contributed by atoms with Crippen LogP contribution in [0.3, 0.4) is 0 Å². The van der Waals surface area contributed by atoms with Gasteiger partial charge in [-0.25, -0.2) is 0 Å². The molecule has 1 aromatic rings. The number of hydrogen-bond donors (Lipinski definition) is 2. The molecule has 2 fully saturated rings. The summed E-state index contributed by atoms with van der Waals surface area (Å²) in [6.07, 6.45) is 8.95. The van der Waals surface area contributed by atoms with Gasteiger partial charge in [0.2, 0.25) is 0 Å². The van der Waals surface area contributed by atoms with E-state index in [1.165, 1.54) is 25.7 Å². The van der Waals surface area contributed by atoms with Gasteiger partial charge in [-0.05, 0) is 19.3 Å². The van der Waals surface area contributed by atoms with Crippen LogP contribution in [0.2, 0.25) is 0 Å². The minimum Gasteiger partial charge on any atom is -0.379 e. The highest BCUT2D eigenvalue weighted by molar-refractivity contribution is 14.0. The van der Waals surface area contributed by atoms with E-state index >= 15 is 0 Å². The molecule has 1 aliphatic heterocycles. The van der Waals surface area contributed by atoms with Crippen LogP contribution in [0.25, 0.3) is 0 Å². The molecule has 0 unspecified atom stereocenters. The van der Waals surface area contributed by atoms with Crippen LogP contribution in [-0.2, 0) is 17.7 Å². The third-order valence-corrected chi connectivity index (χ3v) is 5.36. The number of guanidine groups is 1. The lowest BCUT2D eigenvalue weighted by Crippen LogP contribution is -2.43. The second-order valence-electron chi connectivity index (χ2n) is 7.38. The van der Waals surface area contributed by atoms with E-state index in [4.69, 9.17) is 9.73 Å². The molecule has 2 heterocycles. The van der Waals surface area contributed by atoms with Gasteiger partial charge < -0.3 is 19.9 Å². The number of hydrogen-bond acceptors (Lipinski definition) is 5. The van der Waals surface area contributed by atoms with Gasteiger partial charge in [-0.15, -0.1) is 34.2 Å². The van der Waals surface area contributed by atoms with Crippen molar-refractivity contribution in [1.82, 2.24) is 30.3 Å². The van der Waals surface area contributed by atoms with E-state index in [0.717, 1.165) is 77.1 Å². The summed E-state index contributed by atoms with van der Waals surface area (Å²) in [7, 11) is 0. The molecule has 0 amide bonds. The van der Waals surface area contributed by atoms with Gasteiger partial charge in [0.1, 0.15) is 12.2 Å². The molecule has 9 heteroatoms. The van der Waals surface area contributed by atoms with Gasteiger partial charge in [-0.1, -0.05) is 19.8 Å². The van der Waals surface area contributed by atoms with Crippen molar-refractivity contribution >= 4 is 29.9 Å². The summed E-state index contributed by atoms with van der Waals surface area (Å²) >= 11 is 0. The second-order valence-corrected chi connectivity index (χ2v) is 7.38. The molecule has 1 saturated heterocycles. The average molecular weight is 505 g/mol. The predicted molar refractivity (Wildman–Crippen MR) is 122 cm³/mol. The first-order valence-electron chi connectivity index (χ1n) is 10.6. The smallest absolute Gasteiger partial charge is 0.191 e. The first-order chi connectivity index (χ1) is 13.3. The summed E-state index contributed by atoms with van der Waals surface area (Å²) in [5.74, 6) is 1.99. The standard InChI is InChI=1S/C19H35N7O.HI/c1-2-18-24-22-16-26(18)11-9-21-19(23-17-6-3-4-7-17)20-8-5-10-25-12-14-27-15-13-25;/h16-17H,2-15H2,1H3,(H2,20,21,23);1H. The molecule has 28 heavy (non-hydrogen) atoms. The Morgan fingerprint density at radius 2 is 2.04 bits per heavy atom. The van der Waals surface area contributed by atoms with Crippen molar-refractivity contribution in [3.05, 3.63) is 12.2 Å². The van der Waals surface area contributed by atoms with Crippen molar-refractivity contribution in [2.75, 3.05) is 45.9 Å². The zero-order valence-corrected chi connectivity index (χ0v) is 19.4. The number of halogens is 1. The van der Waals surface area contributed by atoms with Gasteiger partial charge in [0.15, 0.2) is 5.96 Å². The zero-order valence-electron chi connectivity index (χ0n) is 17.1. The molecule has 0 radical (unpaired) electrons. The van der Waals surface area contributed by atoms with Crippen LogP contribution in [0.5, 0.6) is 0 Å². The lowest BCUT2D eigenvalue weighted by atomic mass is 10.2. The Morgan fingerprint density at radius 3 is 2.79 bits per heavy atom. The van der Waals surface area contributed by atoms with E-state index in [0.29, 0.717) is 6.04 Å². The number of aromatic nitrogens is 3. The lowest BCUT2D eigenvalue weighted by Gasteiger charge is -2.26. The molecule has 1 aliphatic carbocycles. The number of aliphatic imine (C=N–C) groups is 1. The van der Waals surface area contributed by atoms with Crippen LogP contribution in [0.4, 0.5) is 0 Å². The second kappa shape index (κ2) is 13.3. The summed E-state index contributed by atoms with van der Waals surface area (Å²) in [5.41, 5.74) is 0. The monoisotopic (exact) mass is 505 g/mol. The first-order valence-corrected chi connectivity index (χ1v) is 10.6. The molecular formula is C19H36IN7O. The van der Waals surface area contributed by atoms with Crippen LogP contribution in [0, 0.1) is 0 Å². The largest absolute Gasteiger partial charge is 0.379 e. The molecule has 2 N–H and O–H groups in total. The average Bonchev–Trinajstić information content (AvgIpc) is 3.37. The van der Waals surface area contributed by atoms with Crippen molar-refractivity contribution in [2.45, 2.75) is 58.0 Å². The number of rotatable bonds is 9. The Hall–Kier alpha value is -0.940. The Labute approximate surface area is 185 Å². The topological polar surface area (TPSA) is 79.6 Å². The van der Waals surface area contributed by atoms with E-state index in [1.54, 1.807) is 0 Å². The number of ether oxygens (including phenoxy) is 1. The van der Waals surface area contributed by atoms with Crippen molar-refractivity contribution < 1.29 is 4.74 Å². The summed E-state index contributed by atoms with van der Waals surface area (Å²) in [4.78, 5) is 7.30. The van der Waals surface area contributed by atoms with Crippen molar-refractivity contribution in [3.8, 4) is 0 Å². The summed E-state index contributed by atoms with van der Waals surface area (Å²) < 4.78 is 7.52. The fourth-order valence-electron chi connectivity index (χ4n) is 3.76. The molecule has 0 aromatic carbocycles. The number of morpholine rings is 1. The highest BCUT2D eigenvalue weighted by atomic mass is 127. The highest BCUT2D eigenvalue weighted by Gasteiger charge is 2.16. The molecule has 8 nitrogen and oxygen atoms in total. The van der Waals surface area contributed by atoms with Crippen molar-refractivity contribution in [3.63, 3.8) is 0 Å². The number of aryl methyl sites for hydroxylation is 1. The summed E-state index contributed by atoms with van der Waals surface area (Å²) in [6, 6.07) is 0.566. The fourth-order valence-corrected chi connectivity index (χ4v) is 3.76. The number of nitrogens with zero attached hydrogens (tertiary/aromatic N) is 5. The predicted octanol–water partition coefficient (Wildman–Crippen LogP) is 1.66. The van der Waals surface area contributed by atoms with E-state index < -0.39 is 0 Å². The van der Waals surface area contributed by atoms with Crippen molar-refractivity contribution in [1.29, 1.82) is 0 Å². The molecule has 2 aliphatic rings. The molecule has 3 rings (SSSR count). The fraction of sp³-hybridized carbons (Fsp3) is 0.842. The quantitative estimate of drug-likeness (QED) is 0.230. The first kappa shape index (κ1) is 23.3. The molecular weight excluding hydrogens is 469 g/mol. The molecule has 0 atom stereocenters. The Morgan fingerprint density at radius 1 is 1.25 bits per heavy atom. The van der Waals surface area contributed by atoms with E-state index in [9.17, 15) is 0 Å². The SMILES string of the molecule is CCc1nncn1CCNC(=NCCCN1CCOCC1)NC1CCCC1.I. The van der Waals surface area contributed by atoms with Gasteiger partial charge in [0.25, 0.3) is 0 Å². The van der Waals surface area contributed by atoms with Crippen LogP contribution < -0.4 is 10.6 Å². The Bertz CT molecular complexity index is 568. The number of nitrogens with one attached hydrogen (secondary N) is 2. The van der Waals surface area contributed by atoms with Crippen LogP contribution in [-0.4, -0.2) is 77.6 Å². The normalized spacial score (nSPS) is 18.8. The molecule has 1 saturated carbocycles. The van der Waals surface area contributed by atoms with Gasteiger partial charge in [0, 0.05) is 51.7 Å².